The number of rotatable bonds is 8. The van der Waals surface area contributed by atoms with Gasteiger partial charge in [0.2, 0.25) is 10.0 Å². The second-order valence-corrected chi connectivity index (χ2v) is 9.83. The van der Waals surface area contributed by atoms with Gasteiger partial charge in [-0.3, -0.25) is 15.5 Å². The summed E-state index contributed by atoms with van der Waals surface area (Å²) in [6.45, 7) is 0.950. The van der Waals surface area contributed by atoms with Gasteiger partial charge in [0.1, 0.15) is 17.2 Å². The van der Waals surface area contributed by atoms with Gasteiger partial charge in [0, 0.05) is 24.2 Å². The molecule has 0 atom stereocenters. The topological polar surface area (TPSA) is 123 Å². The fourth-order valence-electron chi connectivity index (χ4n) is 3.33. The molecule has 0 radical (unpaired) electrons. The third-order valence-electron chi connectivity index (χ3n) is 5.08. The van der Waals surface area contributed by atoms with Gasteiger partial charge in [0.15, 0.2) is 0 Å². The summed E-state index contributed by atoms with van der Waals surface area (Å²) in [5.41, 5.74) is 2.95. The smallest absolute Gasteiger partial charge is 0.295 e. The van der Waals surface area contributed by atoms with Crippen molar-refractivity contribution < 1.29 is 22.8 Å². The van der Waals surface area contributed by atoms with Crippen molar-refractivity contribution in [1.82, 2.24) is 4.31 Å². The molecule has 35 heavy (non-hydrogen) atoms. The summed E-state index contributed by atoms with van der Waals surface area (Å²) in [5, 5.41) is 16.3. The number of nitrogens with one attached hydrogen (secondary N) is 1. The first-order valence-corrected chi connectivity index (χ1v) is 12.3. The molecule has 1 heterocycles. The van der Waals surface area contributed by atoms with Gasteiger partial charge >= 0.3 is 0 Å². The quantitative estimate of drug-likeness (QED) is 0.265. The number of hydrogen-bond donors (Lipinski definition) is 1. The minimum atomic E-state index is -3.87. The molecule has 10 nitrogen and oxygen atoms in total. The molecule has 3 aromatic rings. The fourth-order valence-corrected chi connectivity index (χ4v) is 4.88. The number of nitro groups is 1. The zero-order chi connectivity index (χ0) is 24.8. The van der Waals surface area contributed by atoms with Crippen LogP contribution in [0, 0.1) is 10.1 Å². The summed E-state index contributed by atoms with van der Waals surface area (Å²) >= 11 is 5.89. The van der Waals surface area contributed by atoms with Crippen molar-refractivity contribution in [1.29, 1.82) is 0 Å². The Morgan fingerprint density at radius 1 is 1.06 bits per heavy atom. The SMILES string of the molecule is O=[N+]([O-])c1cc(S(=O)(=O)N2CCOCC2)ccc1NN=Cc1cccc(Oc2ccc(Cl)cc2)c1. The van der Waals surface area contributed by atoms with E-state index in [1.165, 1.54) is 22.7 Å². The highest BCUT2D eigenvalue weighted by Gasteiger charge is 2.28. The van der Waals surface area contributed by atoms with E-state index in [0.29, 0.717) is 22.1 Å². The third kappa shape index (κ3) is 6.14. The first-order valence-electron chi connectivity index (χ1n) is 10.5. The van der Waals surface area contributed by atoms with Crippen LogP contribution in [-0.2, 0) is 14.8 Å². The van der Waals surface area contributed by atoms with Gasteiger partial charge < -0.3 is 9.47 Å². The Balaban J connectivity index is 1.49. The number of hydrazone groups is 1. The van der Waals surface area contributed by atoms with Crippen LogP contribution in [0.1, 0.15) is 5.56 Å². The van der Waals surface area contributed by atoms with Crippen molar-refractivity contribution in [3.63, 3.8) is 0 Å². The second-order valence-electron chi connectivity index (χ2n) is 7.45. The van der Waals surface area contributed by atoms with Gasteiger partial charge in [-0.25, -0.2) is 8.42 Å². The molecule has 0 unspecified atom stereocenters. The van der Waals surface area contributed by atoms with Crippen LogP contribution >= 0.6 is 11.6 Å². The third-order valence-corrected chi connectivity index (χ3v) is 7.23. The number of nitro benzene ring substituents is 1. The Morgan fingerprint density at radius 2 is 1.80 bits per heavy atom. The van der Waals surface area contributed by atoms with E-state index in [1.807, 2.05) is 0 Å². The van der Waals surface area contributed by atoms with E-state index >= 15 is 0 Å². The lowest BCUT2D eigenvalue weighted by molar-refractivity contribution is -0.384. The first kappa shape index (κ1) is 24.6. The van der Waals surface area contributed by atoms with Crippen LogP contribution in [-0.4, -0.2) is 50.2 Å². The van der Waals surface area contributed by atoms with Crippen molar-refractivity contribution in [2.24, 2.45) is 5.10 Å². The first-order chi connectivity index (χ1) is 16.8. The zero-order valence-electron chi connectivity index (χ0n) is 18.3. The molecule has 1 aliphatic rings. The molecule has 1 aliphatic heterocycles. The van der Waals surface area contributed by atoms with Crippen molar-refractivity contribution in [3.05, 3.63) is 87.4 Å². The van der Waals surface area contributed by atoms with E-state index in [1.54, 1.807) is 48.5 Å². The number of halogens is 1. The predicted octanol–water partition coefficient (Wildman–Crippen LogP) is 4.51. The summed E-state index contributed by atoms with van der Waals surface area (Å²) in [6, 6.07) is 17.7. The fraction of sp³-hybridized carbons (Fsp3) is 0.174. The number of morpholine rings is 1. The highest BCUT2D eigenvalue weighted by Crippen LogP contribution is 2.29. The van der Waals surface area contributed by atoms with Crippen LogP contribution in [0.3, 0.4) is 0 Å². The molecule has 1 fully saturated rings. The Kier molecular flexibility index (Phi) is 7.61. The molecule has 12 heteroatoms. The summed E-state index contributed by atoms with van der Waals surface area (Å²) in [6.07, 6.45) is 1.47. The lowest BCUT2D eigenvalue weighted by atomic mass is 10.2. The van der Waals surface area contributed by atoms with Gasteiger partial charge in [-0.1, -0.05) is 23.7 Å². The van der Waals surface area contributed by atoms with E-state index in [9.17, 15) is 18.5 Å². The molecule has 4 rings (SSSR count). The summed E-state index contributed by atoms with van der Waals surface area (Å²) < 4.78 is 37.9. The van der Waals surface area contributed by atoms with E-state index < -0.39 is 20.6 Å². The minimum absolute atomic E-state index is 0.0562. The van der Waals surface area contributed by atoms with Crippen LogP contribution in [0.25, 0.3) is 0 Å². The van der Waals surface area contributed by atoms with Gasteiger partial charge in [0.05, 0.1) is 29.2 Å². The summed E-state index contributed by atoms with van der Waals surface area (Å²) in [4.78, 5) is 10.8. The molecule has 0 aliphatic carbocycles. The Labute approximate surface area is 206 Å². The van der Waals surface area contributed by atoms with Crippen molar-refractivity contribution >= 4 is 39.2 Å². The summed E-state index contributed by atoms with van der Waals surface area (Å²) in [5.74, 6) is 1.18. The van der Waals surface area contributed by atoms with E-state index in [-0.39, 0.29) is 36.9 Å². The highest BCUT2D eigenvalue weighted by atomic mass is 35.5. The van der Waals surface area contributed by atoms with Gasteiger partial charge in [0.25, 0.3) is 5.69 Å². The van der Waals surface area contributed by atoms with Crippen molar-refractivity contribution in [2.75, 3.05) is 31.7 Å². The standard InChI is InChI=1S/C23H21ClN4O6S/c24-18-4-6-19(7-5-18)34-20-3-1-2-17(14-20)16-25-26-22-9-8-21(15-23(22)28(29)30)35(31,32)27-10-12-33-13-11-27/h1-9,14-16,26H,10-13H2. The van der Waals surface area contributed by atoms with E-state index in [4.69, 9.17) is 21.1 Å². The molecule has 1 saturated heterocycles. The summed E-state index contributed by atoms with van der Waals surface area (Å²) in [7, 11) is -3.87. The number of sulfonamides is 1. The number of ether oxygens (including phenoxy) is 2. The largest absolute Gasteiger partial charge is 0.457 e. The Bertz CT molecular complexity index is 1340. The molecular formula is C23H21ClN4O6S. The normalized spacial score (nSPS) is 14.7. The number of hydrogen-bond acceptors (Lipinski definition) is 8. The van der Waals surface area contributed by atoms with Gasteiger partial charge in [-0.2, -0.15) is 9.41 Å². The zero-order valence-corrected chi connectivity index (χ0v) is 19.9. The van der Waals surface area contributed by atoms with E-state index in [2.05, 4.69) is 10.5 Å². The molecule has 0 aromatic heterocycles. The lowest BCUT2D eigenvalue weighted by Gasteiger charge is -2.26. The molecule has 0 spiro atoms. The van der Waals surface area contributed by atoms with Crippen LogP contribution in [0.5, 0.6) is 11.5 Å². The Morgan fingerprint density at radius 3 is 2.51 bits per heavy atom. The molecule has 1 N–H and O–H groups in total. The predicted molar refractivity (Wildman–Crippen MR) is 132 cm³/mol. The molecular weight excluding hydrogens is 496 g/mol. The molecule has 3 aromatic carbocycles. The van der Waals surface area contributed by atoms with Crippen LogP contribution in [0.2, 0.25) is 5.02 Å². The average molecular weight is 517 g/mol. The maximum absolute atomic E-state index is 12.8. The molecule has 0 bridgehead atoms. The average Bonchev–Trinajstić information content (AvgIpc) is 2.86. The maximum atomic E-state index is 12.8. The van der Waals surface area contributed by atoms with Gasteiger partial charge in [-0.05, 0) is 54.1 Å². The monoisotopic (exact) mass is 516 g/mol. The van der Waals surface area contributed by atoms with Crippen LogP contribution in [0.4, 0.5) is 11.4 Å². The van der Waals surface area contributed by atoms with Crippen LogP contribution < -0.4 is 10.2 Å². The highest BCUT2D eigenvalue weighted by molar-refractivity contribution is 7.89. The maximum Gasteiger partial charge on any atom is 0.295 e. The Hall–Kier alpha value is -3.51. The molecule has 182 valence electrons. The number of nitrogens with zero attached hydrogens (tertiary/aromatic N) is 3. The van der Waals surface area contributed by atoms with Crippen LogP contribution in [0.15, 0.2) is 76.7 Å². The van der Waals surface area contributed by atoms with Crippen molar-refractivity contribution in [2.45, 2.75) is 4.90 Å². The van der Waals surface area contributed by atoms with E-state index in [0.717, 1.165) is 6.07 Å². The lowest BCUT2D eigenvalue weighted by Crippen LogP contribution is -2.40. The molecule has 0 saturated carbocycles. The second kappa shape index (κ2) is 10.8. The van der Waals surface area contributed by atoms with Crippen molar-refractivity contribution in [3.8, 4) is 11.5 Å². The van der Waals surface area contributed by atoms with Gasteiger partial charge in [-0.15, -0.1) is 0 Å². The number of benzene rings is 3. The number of anilines is 1. The minimum Gasteiger partial charge on any atom is -0.457 e. The molecule has 0 amide bonds.